The summed E-state index contributed by atoms with van der Waals surface area (Å²) in [6.07, 6.45) is 3.11. The normalized spacial score (nSPS) is 15.4. The van der Waals surface area contributed by atoms with E-state index in [0.29, 0.717) is 12.2 Å². The minimum absolute atomic E-state index is 0.0390. The lowest BCUT2D eigenvalue weighted by atomic mass is 9.67. The molecule has 0 saturated heterocycles. The fraction of sp³-hybridized carbons (Fsp3) is 0.476. The molecule has 0 radical (unpaired) electrons. The number of carbonyl (C=O) groups is 1. The van der Waals surface area contributed by atoms with Crippen molar-refractivity contribution in [3.05, 3.63) is 47.7 Å². The summed E-state index contributed by atoms with van der Waals surface area (Å²) < 4.78 is 10.4. The summed E-state index contributed by atoms with van der Waals surface area (Å²) in [6.45, 7) is 6.40. The fourth-order valence-corrected chi connectivity index (χ4v) is 3.49. The molecule has 5 heteroatoms. The molecule has 0 heterocycles. The Bertz CT molecular complexity index is 724. The number of ether oxygens (including phenoxy) is 2. The maximum Gasteiger partial charge on any atom is 0.319 e. The summed E-state index contributed by atoms with van der Waals surface area (Å²) in [5.74, 6) is -0.882. The molecule has 1 aliphatic carbocycles. The quantitative estimate of drug-likeness (QED) is 0.500. The van der Waals surface area contributed by atoms with Gasteiger partial charge in [0.2, 0.25) is 0 Å². The van der Waals surface area contributed by atoms with Crippen molar-refractivity contribution in [3.8, 4) is 12.1 Å². The Morgan fingerprint density at radius 3 is 2.38 bits per heavy atom. The van der Waals surface area contributed by atoms with Gasteiger partial charge < -0.3 is 9.47 Å². The van der Waals surface area contributed by atoms with Gasteiger partial charge in [0.15, 0.2) is 5.92 Å². The Morgan fingerprint density at radius 1 is 1.31 bits per heavy atom. The monoisotopic (exact) mass is 352 g/mol. The number of nitrogens with zero attached hydrogens (tertiary/aromatic N) is 2. The highest BCUT2D eigenvalue weighted by Crippen LogP contribution is 2.52. The van der Waals surface area contributed by atoms with Crippen LogP contribution in [-0.4, -0.2) is 19.7 Å². The number of allylic oxidation sites excluding steroid dienone is 1. The topological polar surface area (TPSA) is 83.1 Å². The van der Waals surface area contributed by atoms with Crippen molar-refractivity contribution >= 4 is 5.97 Å². The van der Waals surface area contributed by atoms with Crippen molar-refractivity contribution in [3.63, 3.8) is 0 Å². The van der Waals surface area contributed by atoms with Gasteiger partial charge in [-0.15, -0.1) is 0 Å². The zero-order valence-electron chi connectivity index (χ0n) is 15.3. The first kappa shape index (κ1) is 19.5. The SMILES string of the molecule is C=C(CCc1ccc(C(C(=O)OC)(C(C#N)C#N)C2CC2)cc1)OCC. The lowest BCUT2D eigenvalue weighted by Crippen LogP contribution is -2.45. The molecule has 1 aromatic carbocycles. The van der Waals surface area contributed by atoms with Gasteiger partial charge in [0.25, 0.3) is 0 Å². The van der Waals surface area contributed by atoms with Gasteiger partial charge in [0.1, 0.15) is 5.41 Å². The third-order valence-electron chi connectivity index (χ3n) is 4.93. The van der Waals surface area contributed by atoms with E-state index in [1.807, 2.05) is 43.3 Å². The first-order chi connectivity index (χ1) is 12.5. The molecule has 0 amide bonds. The average Bonchev–Trinajstić information content (AvgIpc) is 3.50. The van der Waals surface area contributed by atoms with E-state index >= 15 is 0 Å². The Balaban J connectivity index is 2.32. The molecular weight excluding hydrogens is 328 g/mol. The second-order valence-electron chi connectivity index (χ2n) is 6.49. The third-order valence-corrected chi connectivity index (χ3v) is 4.93. The Labute approximate surface area is 154 Å². The van der Waals surface area contributed by atoms with Gasteiger partial charge in [0, 0.05) is 6.42 Å². The first-order valence-electron chi connectivity index (χ1n) is 8.82. The number of hydrogen-bond acceptors (Lipinski definition) is 5. The van der Waals surface area contributed by atoms with E-state index in [0.717, 1.165) is 37.0 Å². The summed E-state index contributed by atoms with van der Waals surface area (Å²) in [6, 6.07) is 11.6. The van der Waals surface area contributed by atoms with Gasteiger partial charge in [-0.3, -0.25) is 4.79 Å². The largest absolute Gasteiger partial charge is 0.499 e. The van der Waals surface area contributed by atoms with Crippen LogP contribution < -0.4 is 0 Å². The standard InChI is InChI=1S/C21H24N2O3/c1-4-26-15(2)5-6-16-7-9-17(10-8-16)21(18-11-12-18,20(24)25-3)19(13-22)14-23/h7-10,18-19H,2,4-6,11-12H2,1,3H3. The second-order valence-corrected chi connectivity index (χ2v) is 6.49. The molecule has 0 bridgehead atoms. The van der Waals surface area contributed by atoms with Crippen LogP contribution in [0.2, 0.25) is 0 Å². The average molecular weight is 352 g/mol. The number of carbonyl (C=O) groups excluding carboxylic acids is 1. The Kier molecular flexibility index (Phi) is 6.41. The smallest absolute Gasteiger partial charge is 0.319 e. The predicted molar refractivity (Wildman–Crippen MR) is 96.7 cm³/mol. The highest BCUT2D eigenvalue weighted by Gasteiger charge is 2.58. The van der Waals surface area contributed by atoms with Crippen LogP contribution in [0.4, 0.5) is 0 Å². The lowest BCUT2D eigenvalue weighted by Gasteiger charge is -2.32. The highest BCUT2D eigenvalue weighted by atomic mass is 16.5. The molecule has 1 aromatic rings. The minimum atomic E-state index is -1.22. The Morgan fingerprint density at radius 2 is 1.92 bits per heavy atom. The second kappa shape index (κ2) is 8.54. The third kappa shape index (κ3) is 3.73. The van der Waals surface area contributed by atoms with E-state index < -0.39 is 17.3 Å². The zero-order chi connectivity index (χ0) is 19.2. The molecule has 1 saturated carbocycles. The molecule has 136 valence electrons. The van der Waals surface area contributed by atoms with Crippen molar-refractivity contribution in [1.82, 2.24) is 0 Å². The maximum absolute atomic E-state index is 12.7. The van der Waals surface area contributed by atoms with Crippen molar-refractivity contribution in [2.24, 2.45) is 11.8 Å². The molecule has 26 heavy (non-hydrogen) atoms. The summed E-state index contributed by atoms with van der Waals surface area (Å²) >= 11 is 0. The van der Waals surface area contributed by atoms with Gasteiger partial charge in [-0.25, -0.2) is 0 Å². The number of aryl methyl sites for hydroxylation is 1. The van der Waals surface area contributed by atoms with Crippen molar-refractivity contribution in [2.45, 2.75) is 38.0 Å². The van der Waals surface area contributed by atoms with Gasteiger partial charge in [-0.05, 0) is 43.2 Å². The highest BCUT2D eigenvalue weighted by molar-refractivity contribution is 5.86. The van der Waals surface area contributed by atoms with Crippen LogP contribution in [0, 0.1) is 34.5 Å². The summed E-state index contributed by atoms with van der Waals surface area (Å²) in [4.78, 5) is 12.7. The molecule has 0 N–H and O–H groups in total. The zero-order valence-corrected chi connectivity index (χ0v) is 15.3. The molecular formula is C21H24N2O3. The molecule has 1 fully saturated rings. The lowest BCUT2D eigenvalue weighted by molar-refractivity contribution is -0.149. The van der Waals surface area contributed by atoms with Crippen LogP contribution in [0.1, 0.15) is 37.3 Å². The number of benzene rings is 1. The summed E-state index contributed by atoms with van der Waals surface area (Å²) in [5, 5.41) is 19.0. The number of hydrogen-bond donors (Lipinski definition) is 0. The van der Waals surface area contributed by atoms with E-state index in [1.165, 1.54) is 7.11 Å². The predicted octanol–water partition coefficient (Wildman–Crippen LogP) is 3.65. The number of rotatable bonds is 9. The van der Waals surface area contributed by atoms with Gasteiger partial charge in [0.05, 0.1) is 31.6 Å². The maximum atomic E-state index is 12.7. The number of esters is 1. The van der Waals surface area contributed by atoms with E-state index in [9.17, 15) is 15.3 Å². The summed E-state index contributed by atoms with van der Waals surface area (Å²) in [7, 11) is 1.30. The van der Waals surface area contributed by atoms with Crippen LogP contribution in [0.15, 0.2) is 36.6 Å². The molecule has 1 unspecified atom stereocenters. The number of methoxy groups -OCH3 is 1. The minimum Gasteiger partial charge on any atom is -0.499 e. The molecule has 0 aliphatic heterocycles. The van der Waals surface area contributed by atoms with Gasteiger partial charge in [-0.1, -0.05) is 30.8 Å². The molecule has 1 aliphatic rings. The fourth-order valence-electron chi connectivity index (χ4n) is 3.49. The molecule has 5 nitrogen and oxygen atoms in total. The molecule has 0 aromatic heterocycles. The van der Waals surface area contributed by atoms with Gasteiger partial charge >= 0.3 is 5.97 Å². The van der Waals surface area contributed by atoms with E-state index in [1.54, 1.807) is 0 Å². The summed E-state index contributed by atoms with van der Waals surface area (Å²) in [5.41, 5.74) is 0.535. The van der Waals surface area contributed by atoms with Crippen LogP contribution >= 0.6 is 0 Å². The van der Waals surface area contributed by atoms with Crippen molar-refractivity contribution in [2.75, 3.05) is 13.7 Å². The van der Waals surface area contributed by atoms with Crippen LogP contribution in [0.3, 0.4) is 0 Å². The molecule has 1 atom stereocenters. The van der Waals surface area contributed by atoms with Crippen LogP contribution in [0.5, 0.6) is 0 Å². The molecule has 2 rings (SSSR count). The van der Waals surface area contributed by atoms with E-state index in [-0.39, 0.29) is 5.92 Å². The van der Waals surface area contributed by atoms with Gasteiger partial charge in [-0.2, -0.15) is 10.5 Å². The van der Waals surface area contributed by atoms with E-state index in [4.69, 9.17) is 9.47 Å². The number of nitriles is 2. The van der Waals surface area contributed by atoms with E-state index in [2.05, 4.69) is 6.58 Å². The first-order valence-corrected chi connectivity index (χ1v) is 8.82. The van der Waals surface area contributed by atoms with Crippen LogP contribution in [-0.2, 0) is 26.1 Å². The molecule has 0 spiro atoms. The van der Waals surface area contributed by atoms with Crippen LogP contribution in [0.25, 0.3) is 0 Å². The van der Waals surface area contributed by atoms with Crippen molar-refractivity contribution in [1.29, 1.82) is 10.5 Å². The van der Waals surface area contributed by atoms with Crippen molar-refractivity contribution < 1.29 is 14.3 Å². The Hall–Kier alpha value is -2.79.